The quantitative estimate of drug-likeness (QED) is 0.845. The largest absolute Gasteiger partial charge is 0.478 e. The van der Waals surface area contributed by atoms with Crippen LogP contribution in [0.2, 0.25) is 0 Å². The third-order valence-corrected chi connectivity index (χ3v) is 2.89. The maximum absolute atomic E-state index is 11.3. The summed E-state index contributed by atoms with van der Waals surface area (Å²) in [6, 6.07) is 6.47. The molecule has 2 rings (SSSR count). The lowest BCUT2D eigenvalue weighted by molar-refractivity contribution is 0.0696. The van der Waals surface area contributed by atoms with Crippen molar-refractivity contribution >= 4 is 17.7 Å². The zero-order valence-electron chi connectivity index (χ0n) is 11.4. The van der Waals surface area contributed by atoms with Crippen molar-refractivity contribution in [1.82, 2.24) is 9.97 Å². The Kier molecular flexibility index (Phi) is 4.13. The molecule has 0 aliphatic rings. The molecule has 0 spiro atoms. The zero-order chi connectivity index (χ0) is 15.4. The minimum Gasteiger partial charge on any atom is -0.478 e. The summed E-state index contributed by atoms with van der Waals surface area (Å²) in [4.78, 5) is 31.9. The Morgan fingerprint density at radius 1 is 1.19 bits per heavy atom. The van der Waals surface area contributed by atoms with Crippen LogP contribution < -0.4 is 10.6 Å². The lowest BCUT2D eigenvalue weighted by Crippen LogP contribution is -2.24. The average Bonchev–Trinajstić information content (AvgIpc) is 2.47. The molecule has 1 aromatic carbocycles. The van der Waals surface area contributed by atoms with Gasteiger partial charge in [-0.1, -0.05) is 12.1 Å². The second-order valence-corrected chi connectivity index (χ2v) is 4.45. The number of hydrogen-bond donors (Lipinski definition) is 2. The summed E-state index contributed by atoms with van der Waals surface area (Å²) in [5, 5.41) is 8.85. The van der Waals surface area contributed by atoms with E-state index in [2.05, 4.69) is 9.97 Å². The van der Waals surface area contributed by atoms with Crippen LogP contribution >= 0.6 is 0 Å². The summed E-state index contributed by atoms with van der Waals surface area (Å²) >= 11 is 0. The van der Waals surface area contributed by atoms with Gasteiger partial charge in [0, 0.05) is 26.0 Å². The van der Waals surface area contributed by atoms with Gasteiger partial charge in [0.1, 0.15) is 0 Å². The molecule has 0 atom stereocenters. The van der Waals surface area contributed by atoms with E-state index in [0.29, 0.717) is 12.4 Å². The van der Waals surface area contributed by atoms with Crippen molar-refractivity contribution in [2.45, 2.75) is 6.54 Å². The second-order valence-electron chi connectivity index (χ2n) is 4.45. The van der Waals surface area contributed by atoms with Crippen LogP contribution in [-0.4, -0.2) is 34.0 Å². The van der Waals surface area contributed by atoms with Crippen molar-refractivity contribution in [3.8, 4) is 0 Å². The number of carboxylic acid groups (broad SMARTS) is 1. The second kappa shape index (κ2) is 6.00. The molecule has 0 aliphatic carbocycles. The van der Waals surface area contributed by atoms with Gasteiger partial charge < -0.3 is 15.7 Å². The molecule has 0 radical (unpaired) electrons. The first-order valence-electron chi connectivity index (χ1n) is 6.13. The average molecular weight is 286 g/mol. The summed E-state index contributed by atoms with van der Waals surface area (Å²) in [5.74, 6) is -1.24. The van der Waals surface area contributed by atoms with Crippen LogP contribution in [0.25, 0.3) is 0 Å². The van der Waals surface area contributed by atoms with E-state index in [9.17, 15) is 9.59 Å². The van der Waals surface area contributed by atoms with E-state index < -0.39 is 11.9 Å². The summed E-state index contributed by atoms with van der Waals surface area (Å²) < 4.78 is 0. The lowest BCUT2D eigenvalue weighted by Gasteiger charge is -2.19. The van der Waals surface area contributed by atoms with Crippen LogP contribution in [0.3, 0.4) is 0 Å². The number of nitrogens with zero attached hydrogens (tertiary/aromatic N) is 3. The van der Waals surface area contributed by atoms with Crippen molar-refractivity contribution < 1.29 is 14.7 Å². The van der Waals surface area contributed by atoms with Crippen molar-refractivity contribution in [1.29, 1.82) is 0 Å². The molecular weight excluding hydrogens is 272 g/mol. The van der Waals surface area contributed by atoms with Crippen molar-refractivity contribution in [3.05, 3.63) is 53.5 Å². The van der Waals surface area contributed by atoms with Gasteiger partial charge in [-0.3, -0.25) is 4.79 Å². The predicted octanol–water partition coefficient (Wildman–Crippen LogP) is 0.910. The molecule has 7 nitrogen and oxygen atoms in total. The number of benzene rings is 1. The van der Waals surface area contributed by atoms with Crippen LogP contribution in [0.15, 0.2) is 36.7 Å². The number of carbonyl (C=O) groups excluding carboxylic acids is 1. The van der Waals surface area contributed by atoms with E-state index in [1.807, 2.05) is 0 Å². The van der Waals surface area contributed by atoms with Crippen LogP contribution in [0.4, 0.5) is 5.82 Å². The number of carboxylic acids is 1. The highest BCUT2D eigenvalue weighted by atomic mass is 16.4. The van der Waals surface area contributed by atoms with E-state index in [1.54, 1.807) is 24.1 Å². The fraction of sp³-hybridized carbons (Fsp3) is 0.143. The first-order valence-corrected chi connectivity index (χ1v) is 6.13. The molecule has 7 heteroatoms. The van der Waals surface area contributed by atoms with Crippen LogP contribution in [0, 0.1) is 0 Å². The molecule has 108 valence electrons. The number of amides is 1. The molecule has 0 saturated heterocycles. The molecule has 3 N–H and O–H groups in total. The summed E-state index contributed by atoms with van der Waals surface area (Å²) in [6.45, 7) is 0.443. The smallest absolute Gasteiger partial charge is 0.335 e. The van der Waals surface area contributed by atoms with Crippen molar-refractivity contribution in [2.75, 3.05) is 11.9 Å². The van der Waals surface area contributed by atoms with E-state index in [0.717, 1.165) is 5.56 Å². The van der Waals surface area contributed by atoms with Gasteiger partial charge in [-0.15, -0.1) is 0 Å². The SMILES string of the molecule is CN(Cc1ccc(C(=O)O)cc1)c1nccnc1C(N)=O. The monoisotopic (exact) mass is 286 g/mol. The number of primary amides is 1. The van der Waals surface area contributed by atoms with E-state index in [4.69, 9.17) is 10.8 Å². The number of aromatic nitrogens is 2. The van der Waals surface area contributed by atoms with Gasteiger partial charge in [-0.2, -0.15) is 0 Å². The summed E-state index contributed by atoms with van der Waals surface area (Å²) in [7, 11) is 1.75. The summed E-state index contributed by atoms with van der Waals surface area (Å²) in [5.41, 5.74) is 6.46. The van der Waals surface area contributed by atoms with Gasteiger partial charge in [-0.05, 0) is 17.7 Å². The Morgan fingerprint density at radius 3 is 2.38 bits per heavy atom. The molecule has 1 heterocycles. The van der Waals surface area contributed by atoms with Crippen LogP contribution in [0.5, 0.6) is 0 Å². The Morgan fingerprint density at radius 2 is 1.81 bits per heavy atom. The molecule has 0 unspecified atom stereocenters. The zero-order valence-corrected chi connectivity index (χ0v) is 11.4. The third kappa shape index (κ3) is 3.33. The Balaban J connectivity index is 2.20. The standard InChI is InChI=1S/C14H14N4O3/c1-18(13-11(12(15)19)16-6-7-17-13)8-9-2-4-10(5-3-9)14(20)21/h2-7H,8H2,1H3,(H2,15,19)(H,20,21). The minimum atomic E-state index is -0.972. The number of nitrogens with two attached hydrogens (primary N) is 1. The fourth-order valence-electron chi connectivity index (χ4n) is 1.89. The van der Waals surface area contributed by atoms with Crippen LogP contribution in [0.1, 0.15) is 26.4 Å². The normalized spacial score (nSPS) is 10.1. The highest BCUT2D eigenvalue weighted by Crippen LogP contribution is 2.16. The number of aromatic carboxylic acids is 1. The van der Waals surface area contributed by atoms with Gasteiger partial charge in [-0.25, -0.2) is 14.8 Å². The Labute approximate surface area is 121 Å². The number of rotatable bonds is 5. The number of anilines is 1. The molecule has 2 aromatic rings. The predicted molar refractivity (Wildman–Crippen MR) is 76.1 cm³/mol. The maximum Gasteiger partial charge on any atom is 0.335 e. The highest BCUT2D eigenvalue weighted by Gasteiger charge is 2.15. The molecule has 0 bridgehead atoms. The molecule has 0 saturated carbocycles. The Hall–Kier alpha value is -2.96. The van der Waals surface area contributed by atoms with E-state index in [1.165, 1.54) is 24.5 Å². The number of hydrogen-bond acceptors (Lipinski definition) is 5. The molecule has 1 amide bonds. The lowest BCUT2D eigenvalue weighted by atomic mass is 10.1. The van der Waals surface area contributed by atoms with Crippen LogP contribution in [-0.2, 0) is 6.54 Å². The molecular formula is C14H14N4O3. The van der Waals surface area contributed by atoms with E-state index >= 15 is 0 Å². The first kappa shape index (κ1) is 14.4. The van der Waals surface area contributed by atoms with Gasteiger partial charge in [0.15, 0.2) is 11.5 Å². The molecule has 0 aliphatic heterocycles. The minimum absolute atomic E-state index is 0.0992. The summed E-state index contributed by atoms with van der Waals surface area (Å²) in [6.07, 6.45) is 2.88. The van der Waals surface area contributed by atoms with E-state index in [-0.39, 0.29) is 11.3 Å². The first-order chi connectivity index (χ1) is 9.99. The van der Waals surface area contributed by atoms with Gasteiger partial charge in [0.05, 0.1) is 5.56 Å². The molecule has 0 fully saturated rings. The molecule has 1 aromatic heterocycles. The van der Waals surface area contributed by atoms with Crippen molar-refractivity contribution in [2.24, 2.45) is 5.73 Å². The maximum atomic E-state index is 11.3. The van der Waals surface area contributed by atoms with Gasteiger partial charge >= 0.3 is 5.97 Å². The topological polar surface area (TPSA) is 109 Å². The molecule has 21 heavy (non-hydrogen) atoms. The highest BCUT2D eigenvalue weighted by molar-refractivity contribution is 5.95. The Bertz CT molecular complexity index is 670. The third-order valence-electron chi connectivity index (χ3n) is 2.89. The van der Waals surface area contributed by atoms with Gasteiger partial charge in [0.2, 0.25) is 0 Å². The van der Waals surface area contributed by atoms with Crippen molar-refractivity contribution in [3.63, 3.8) is 0 Å². The van der Waals surface area contributed by atoms with Gasteiger partial charge in [0.25, 0.3) is 5.91 Å². The number of carbonyl (C=O) groups is 2. The fourth-order valence-corrected chi connectivity index (χ4v) is 1.89.